The van der Waals surface area contributed by atoms with E-state index in [0.29, 0.717) is 6.54 Å². The minimum Gasteiger partial charge on any atom is -0.459 e. The molecule has 4 nitrogen and oxygen atoms in total. The maximum absolute atomic E-state index is 11.8. The van der Waals surface area contributed by atoms with Gasteiger partial charge in [0, 0.05) is 24.9 Å². The number of hydrogen-bond donors (Lipinski definition) is 0. The van der Waals surface area contributed by atoms with Gasteiger partial charge in [0.15, 0.2) is 0 Å². The normalized spacial score (nSPS) is 19.5. The molecule has 0 amide bonds. The second-order valence-electron chi connectivity index (χ2n) is 7.31. The molecular formula is C22H28N2O2S. The lowest BCUT2D eigenvalue weighted by Crippen LogP contribution is -2.39. The molecule has 3 rings (SSSR count). The highest BCUT2D eigenvalue weighted by Crippen LogP contribution is 2.46. The van der Waals surface area contributed by atoms with E-state index >= 15 is 0 Å². The number of aryl methyl sites for hydroxylation is 1. The standard InChI is InChI=1S/C22H28N2O2S/c1-16-9-11-18(12-10-16)22-20(26-17(2)25)15-24(14-13-23(3)4)19-7-5-6-8-21(19)27-22/h5-12,20,22H,13-15H2,1-4H3. The quantitative estimate of drug-likeness (QED) is 0.724. The second-order valence-corrected chi connectivity index (χ2v) is 8.50. The molecule has 27 heavy (non-hydrogen) atoms. The number of hydrogen-bond acceptors (Lipinski definition) is 5. The van der Waals surface area contributed by atoms with Crippen LogP contribution >= 0.6 is 11.8 Å². The summed E-state index contributed by atoms with van der Waals surface area (Å²) in [7, 11) is 4.16. The summed E-state index contributed by atoms with van der Waals surface area (Å²) in [6.07, 6.45) is -0.204. The molecule has 2 atom stereocenters. The molecule has 1 heterocycles. The molecule has 5 heteroatoms. The molecule has 0 aliphatic carbocycles. The minimum absolute atomic E-state index is 0.0695. The molecule has 0 spiro atoms. The fraction of sp³-hybridized carbons (Fsp3) is 0.409. The van der Waals surface area contributed by atoms with Crippen LogP contribution in [-0.2, 0) is 9.53 Å². The van der Waals surface area contributed by atoms with Crippen molar-refractivity contribution in [1.29, 1.82) is 0 Å². The van der Waals surface area contributed by atoms with E-state index in [4.69, 9.17) is 4.74 Å². The number of fused-ring (bicyclic) bond motifs is 1. The van der Waals surface area contributed by atoms with Crippen molar-refractivity contribution in [3.63, 3.8) is 0 Å². The highest BCUT2D eigenvalue weighted by atomic mass is 32.2. The van der Waals surface area contributed by atoms with Crippen LogP contribution in [0, 0.1) is 6.92 Å². The zero-order valence-corrected chi connectivity index (χ0v) is 17.3. The Morgan fingerprint density at radius 2 is 1.89 bits per heavy atom. The average molecular weight is 385 g/mol. The van der Waals surface area contributed by atoms with Gasteiger partial charge in [0.1, 0.15) is 6.10 Å². The first-order valence-electron chi connectivity index (χ1n) is 9.33. The van der Waals surface area contributed by atoms with Gasteiger partial charge >= 0.3 is 5.97 Å². The molecule has 0 saturated heterocycles. The molecule has 0 fully saturated rings. The molecule has 0 N–H and O–H groups in total. The Bertz CT molecular complexity index is 776. The molecule has 2 aromatic carbocycles. The number of para-hydroxylation sites is 1. The highest BCUT2D eigenvalue weighted by Gasteiger charge is 2.33. The highest BCUT2D eigenvalue weighted by molar-refractivity contribution is 7.99. The molecule has 2 aromatic rings. The third-order valence-corrected chi connectivity index (χ3v) is 6.17. The van der Waals surface area contributed by atoms with Crippen molar-refractivity contribution in [3.05, 3.63) is 59.7 Å². The maximum Gasteiger partial charge on any atom is 0.303 e. The summed E-state index contributed by atoms with van der Waals surface area (Å²) in [5.74, 6) is -0.226. The number of esters is 1. The Hall–Kier alpha value is -1.98. The Labute approximate surface area is 166 Å². The molecule has 1 aliphatic rings. The zero-order chi connectivity index (χ0) is 19.4. The van der Waals surface area contributed by atoms with E-state index in [9.17, 15) is 4.79 Å². The van der Waals surface area contributed by atoms with Gasteiger partial charge in [0.2, 0.25) is 0 Å². The average Bonchev–Trinajstić information content (AvgIpc) is 2.77. The van der Waals surface area contributed by atoms with Gasteiger partial charge in [0.05, 0.1) is 17.5 Å². The fourth-order valence-electron chi connectivity index (χ4n) is 3.33. The van der Waals surface area contributed by atoms with E-state index in [-0.39, 0.29) is 17.3 Å². The lowest BCUT2D eigenvalue weighted by Gasteiger charge is -2.30. The van der Waals surface area contributed by atoms with Crippen molar-refractivity contribution in [2.45, 2.75) is 30.1 Å². The fourth-order valence-corrected chi connectivity index (χ4v) is 4.66. The van der Waals surface area contributed by atoms with Gasteiger partial charge < -0.3 is 14.5 Å². The second kappa shape index (κ2) is 8.81. The summed E-state index contributed by atoms with van der Waals surface area (Å²) in [4.78, 5) is 17.6. The Morgan fingerprint density at radius 1 is 1.19 bits per heavy atom. The van der Waals surface area contributed by atoms with E-state index in [0.717, 1.165) is 13.1 Å². The van der Waals surface area contributed by atoms with Gasteiger partial charge in [-0.25, -0.2) is 0 Å². The molecule has 0 saturated carbocycles. The zero-order valence-electron chi connectivity index (χ0n) is 16.5. The SMILES string of the molecule is CC(=O)OC1CN(CCN(C)C)c2ccccc2SC1c1ccc(C)cc1. The number of carbonyl (C=O) groups excluding carboxylic acids is 1. The Balaban J connectivity index is 1.98. The molecule has 1 aliphatic heterocycles. The topological polar surface area (TPSA) is 32.8 Å². The lowest BCUT2D eigenvalue weighted by atomic mass is 10.0. The van der Waals surface area contributed by atoms with E-state index < -0.39 is 0 Å². The van der Waals surface area contributed by atoms with Crippen LogP contribution in [0.3, 0.4) is 0 Å². The van der Waals surface area contributed by atoms with Crippen molar-refractivity contribution < 1.29 is 9.53 Å². The van der Waals surface area contributed by atoms with Crippen LogP contribution in [0.25, 0.3) is 0 Å². The number of carbonyl (C=O) groups is 1. The third-order valence-electron chi connectivity index (χ3n) is 4.74. The first-order valence-corrected chi connectivity index (χ1v) is 10.2. The van der Waals surface area contributed by atoms with Crippen LogP contribution < -0.4 is 4.90 Å². The van der Waals surface area contributed by atoms with E-state index in [1.165, 1.54) is 28.6 Å². The smallest absolute Gasteiger partial charge is 0.303 e. The molecular weight excluding hydrogens is 356 g/mol. The number of rotatable bonds is 5. The van der Waals surface area contributed by atoms with Gasteiger partial charge in [-0.15, -0.1) is 11.8 Å². The van der Waals surface area contributed by atoms with Crippen molar-refractivity contribution in [1.82, 2.24) is 4.90 Å². The summed E-state index contributed by atoms with van der Waals surface area (Å²) in [5.41, 5.74) is 3.65. The number of anilines is 1. The molecule has 144 valence electrons. The number of likely N-dealkylation sites (N-methyl/N-ethyl adjacent to an activating group) is 1. The number of ether oxygens (including phenoxy) is 1. The maximum atomic E-state index is 11.8. The lowest BCUT2D eigenvalue weighted by molar-refractivity contribution is -0.145. The predicted octanol–water partition coefficient (Wildman–Crippen LogP) is 4.14. The summed E-state index contributed by atoms with van der Waals surface area (Å²) in [6.45, 7) is 6.12. The molecule has 0 aromatic heterocycles. The number of nitrogens with zero attached hydrogens (tertiary/aromatic N) is 2. The summed E-state index contributed by atoms with van der Waals surface area (Å²) >= 11 is 1.79. The van der Waals surface area contributed by atoms with Crippen LogP contribution in [0.1, 0.15) is 23.3 Å². The van der Waals surface area contributed by atoms with E-state index in [2.05, 4.69) is 79.3 Å². The van der Waals surface area contributed by atoms with Gasteiger partial charge in [-0.1, -0.05) is 42.0 Å². The largest absolute Gasteiger partial charge is 0.459 e. The van der Waals surface area contributed by atoms with Gasteiger partial charge in [0.25, 0.3) is 0 Å². The van der Waals surface area contributed by atoms with Crippen LogP contribution in [-0.4, -0.2) is 50.7 Å². The first-order chi connectivity index (χ1) is 12.9. The number of benzene rings is 2. The van der Waals surface area contributed by atoms with Crippen molar-refractivity contribution in [2.24, 2.45) is 0 Å². The van der Waals surface area contributed by atoms with Crippen LogP contribution in [0.15, 0.2) is 53.4 Å². The van der Waals surface area contributed by atoms with Crippen molar-refractivity contribution in [3.8, 4) is 0 Å². The summed E-state index contributed by atoms with van der Waals surface area (Å²) < 4.78 is 5.82. The molecule has 0 bridgehead atoms. The van der Waals surface area contributed by atoms with Gasteiger partial charge in [-0.2, -0.15) is 0 Å². The van der Waals surface area contributed by atoms with E-state index in [1.807, 2.05) is 0 Å². The summed E-state index contributed by atoms with van der Waals surface area (Å²) in [6, 6.07) is 17.1. The van der Waals surface area contributed by atoms with Crippen molar-refractivity contribution in [2.75, 3.05) is 38.6 Å². The molecule has 0 radical (unpaired) electrons. The summed E-state index contributed by atoms with van der Waals surface area (Å²) in [5, 5.41) is 0.0695. The number of thioether (sulfide) groups is 1. The third kappa shape index (κ3) is 5.05. The minimum atomic E-state index is -0.226. The van der Waals surface area contributed by atoms with Gasteiger partial charge in [-0.3, -0.25) is 4.79 Å². The van der Waals surface area contributed by atoms with Crippen LogP contribution in [0.2, 0.25) is 0 Å². The monoisotopic (exact) mass is 384 g/mol. The predicted molar refractivity (Wildman–Crippen MR) is 113 cm³/mol. The molecule has 2 unspecified atom stereocenters. The van der Waals surface area contributed by atoms with Crippen LogP contribution in [0.4, 0.5) is 5.69 Å². The van der Waals surface area contributed by atoms with Crippen LogP contribution in [0.5, 0.6) is 0 Å². The Kier molecular flexibility index (Phi) is 6.45. The van der Waals surface area contributed by atoms with E-state index in [1.54, 1.807) is 11.8 Å². The Morgan fingerprint density at radius 3 is 2.56 bits per heavy atom. The van der Waals surface area contributed by atoms with Gasteiger partial charge in [-0.05, 0) is 38.7 Å². The first kappa shape index (κ1) is 19.8. The van der Waals surface area contributed by atoms with Crippen molar-refractivity contribution >= 4 is 23.4 Å².